The van der Waals surface area contributed by atoms with E-state index in [1.807, 2.05) is 6.92 Å². The fourth-order valence-corrected chi connectivity index (χ4v) is 2.52. The predicted octanol–water partition coefficient (Wildman–Crippen LogP) is 3.51. The van der Waals surface area contributed by atoms with E-state index in [2.05, 4.69) is 33.9 Å². The number of esters is 1. The molecule has 0 rings (SSSR count). The Labute approximate surface area is 130 Å². The van der Waals surface area contributed by atoms with E-state index in [4.69, 9.17) is 9.16 Å². The summed E-state index contributed by atoms with van der Waals surface area (Å²) < 4.78 is 10.9. The summed E-state index contributed by atoms with van der Waals surface area (Å²) in [6, 6.07) is 0. The van der Waals surface area contributed by atoms with Crippen LogP contribution in [0, 0.1) is 5.92 Å². The topological polar surface area (TPSA) is 55.8 Å². The number of carbonyl (C=O) groups excluding carboxylic acids is 1. The van der Waals surface area contributed by atoms with E-state index in [9.17, 15) is 9.90 Å². The van der Waals surface area contributed by atoms with E-state index in [1.165, 1.54) is 6.08 Å². The van der Waals surface area contributed by atoms with Crippen LogP contribution in [0.25, 0.3) is 0 Å². The molecule has 0 aliphatic heterocycles. The lowest BCUT2D eigenvalue weighted by Gasteiger charge is -2.36. The van der Waals surface area contributed by atoms with Crippen LogP contribution in [0.15, 0.2) is 12.2 Å². The van der Waals surface area contributed by atoms with E-state index in [0.29, 0.717) is 19.6 Å². The number of aliphatic hydroxyl groups is 1. The number of rotatable bonds is 8. The number of hydrogen-bond acceptors (Lipinski definition) is 4. The summed E-state index contributed by atoms with van der Waals surface area (Å²) in [5.74, 6) is -0.466. The molecule has 124 valence electrons. The molecule has 0 amide bonds. The molecule has 0 aliphatic rings. The van der Waals surface area contributed by atoms with Crippen LogP contribution in [0.3, 0.4) is 0 Å². The molecule has 0 aromatic heterocycles. The van der Waals surface area contributed by atoms with Crippen molar-refractivity contribution in [3.8, 4) is 0 Å². The second kappa shape index (κ2) is 8.71. The lowest BCUT2D eigenvalue weighted by molar-refractivity contribution is -0.137. The van der Waals surface area contributed by atoms with Gasteiger partial charge in [0.1, 0.15) is 0 Å². The Morgan fingerprint density at radius 1 is 1.33 bits per heavy atom. The first-order valence-corrected chi connectivity index (χ1v) is 10.6. The molecule has 0 aromatic carbocycles. The largest absolute Gasteiger partial charge is 0.463 e. The summed E-state index contributed by atoms with van der Waals surface area (Å²) in [5.41, 5.74) is 0. The van der Waals surface area contributed by atoms with Crippen molar-refractivity contribution in [2.45, 2.75) is 65.3 Å². The van der Waals surface area contributed by atoms with Gasteiger partial charge in [-0.05, 0) is 31.5 Å². The van der Waals surface area contributed by atoms with Gasteiger partial charge in [-0.2, -0.15) is 0 Å². The van der Waals surface area contributed by atoms with Gasteiger partial charge in [0.05, 0.1) is 12.7 Å². The highest BCUT2D eigenvalue weighted by Crippen LogP contribution is 2.36. The molecule has 0 spiro atoms. The quantitative estimate of drug-likeness (QED) is 0.423. The van der Waals surface area contributed by atoms with Crippen LogP contribution in [-0.2, 0) is 14.0 Å². The third kappa shape index (κ3) is 7.78. The monoisotopic (exact) mass is 316 g/mol. The maximum Gasteiger partial charge on any atom is 0.330 e. The smallest absolute Gasteiger partial charge is 0.330 e. The average Bonchev–Trinajstić information content (AvgIpc) is 2.34. The van der Waals surface area contributed by atoms with E-state index in [1.54, 1.807) is 13.0 Å². The van der Waals surface area contributed by atoms with Crippen molar-refractivity contribution in [2.75, 3.05) is 13.2 Å². The van der Waals surface area contributed by atoms with Gasteiger partial charge >= 0.3 is 5.97 Å². The van der Waals surface area contributed by atoms with Crippen LogP contribution in [-0.4, -0.2) is 38.7 Å². The van der Waals surface area contributed by atoms with Gasteiger partial charge < -0.3 is 14.3 Å². The molecule has 0 unspecified atom stereocenters. The zero-order chi connectivity index (χ0) is 16.7. The Morgan fingerprint density at radius 2 is 1.90 bits per heavy atom. The minimum absolute atomic E-state index is 0.0996. The van der Waals surface area contributed by atoms with Crippen molar-refractivity contribution >= 4 is 14.3 Å². The van der Waals surface area contributed by atoms with Gasteiger partial charge in [-0.3, -0.25) is 0 Å². The van der Waals surface area contributed by atoms with Crippen LogP contribution in [0.4, 0.5) is 0 Å². The Balaban J connectivity index is 4.20. The zero-order valence-corrected chi connectivity index (χ0v) is 15.6. The maximum absolute atomic E-state index is 11.2. The van der Waals surface area contributed by atoms with Gasteiger partial charge in [0.25, 0.3) is 0 Å². The first kappa shape index (κ1) is 20.3. The molecule has 0 bridgehead atoms. The Kier molecular flexibility index (Phi) is 8.44. The van der Waals surface area contributed by atoms with Crippen molar-refractivity contribution in [1.82, 2.24) is 0 Å². The second-order valence-corrected chi connectivity index (χ2v) is 11.7. The molecule has 21 heavy (non-hydrogen) atoms. The molecule has 0 saturated heterocycles. The minimum atomic E-state index is -1.76. The summed E-state index contributed by atoms with van der Waals surface area (Å²) in [6.07, 6.45) is 3.13. The lowest BCUT2D eigenvalue weighted by Crippen LogP contribution is -2.41. The van der Waals surface area contributed by atoms with Gasteiger partial charge in [0.2, 0.25) is 0 Å². The van der Waals surface area contributed by atoms with E-state index in [0.717, 1.165) is 0 Å². The molecule has 0 heterocycles. The summed E-state index contributed by atoms with van der Waals surface area (Å²) in [7, 11) is -1.76. The molecule has 4 nitrogen and oxygen atoms in total. The molecule has 2 atom stereocenters. The Hall–Kier alpha value is -0.653. The Bertz CT molecular complexity index is 345. The molecule has 5 heteroatoms. The van der Waals surface area contributed by atoms with Crippen LogP contribution < -0.4 is 0 Å². The number of ether oxygens (including phenoxy) is 1. The van der Waals surface area contributed by atoms with E-state index >= 15 is 0 Å². The van der Waals surface area contributed by atoms with Gasteiger partial charge in [-0.1, -0.05) is 33.8 Å². The number of hydrogen-bond donors (Lipinski definition) is 1. The summed E-state index contributed by atoms with van der Waals surface area (Å²) >= 11 is 0. The molecular weight excluding hydrogens is 284 g/mol. The highest BCUT2D eigenvalue weighted by Gasteiger charge is 2.37. The SMILES string of the molecule is CCOC(=O)/C=C/[C@H](C)[C@H](O)CCO[Si](C)(C)C(C)(C)C. The zero-order valence-electron chi connectivity index (χ0n) is 14.6. The van der Waals surface area contributed by atoms with Gasteiger partial charge in [0, 0.05) is 18.6 Å². The molecule has 0 radical (unpaired) electrons. The van der Waals surface area contributed by atoms with E-state index in [-0.39, 0.29) is 16.9 Å². The van der Waals surface area contributed by atoms with Crippen LogP contribution in [0.2, 0.25) is 18.1 Å². The number of carbonyl (C=O) groups is 1. The normalized spacial score (nSPS) is 16.0. The summed E-state index contributed by atoms with van der Waals surface area (Å²) in [6.45, 7) is 15.5. The van der Waals surface area contributed by atoms with Crippen molar-refractivity contribution in [3.05, 3.63) is 12.2 Å². The second-order valence-electron chi connectivity index (χ2n) is 6.94. The third-order valence-electron chi connectivity index (χ3n) is 4.11. The van der Waals surface area contributed by atoms with Crippen LogP contribution in [0.1, 0.15) is 41.0 Å². The fourth-order valence-electron chi connectivity index (χ4n) is 1.46. The molecule has 0 aliphatic carbocycles. The average molecular weight is 317 g/mol. The van der Waals surface area contributed by atoms with Gasteiger partial charge in [-0.25, -0.2) is 4.79 Å². The lowest BCUT2D eigenvalue weighted by atomic mass is 10.0. The molecule has 0 saturated carbocycles. The van der Waals surface area contributed by atoms with Gasteiger partial charge in [0.15, 0.2) is 8.32 Å². The minimum Gasteiger partial charge on any atom is -0.463 e. The van der Waals surface area contributed by atoms with Crippen molar-refractivity contribution in [1.29, 1.82) is 0 Å². The number of aliphatic hydroxyl groups excluding tert-OH is 1. The van der Waals surface area contributed by atoms with Gasteiger partial charge in [-0.15, -0.1) is 0 Å². The van der Waals surface area contributed by atoms with Crippen molar-refractivity contribution in [2.24, 2.45) is 5.92 Å². The summed E-state index contributed by atoms with van der Waals surface area (Å²) in [5, 5.41) is 10.3. The highest BCUT2D eigenvalue weighted by molar-refractivity contribution is 6.74. The molecule has 0 aromatic rings. The highest BCUT2D eigenvalue weighted by atomic mass is 28.4. The summed E-state index contributed by atoms with van der Waals surface area (Å²) in [4.78, 5) is 11.2. The first-order chi connectivity index (χ1) is 9.51. The molecule has 0 fully saturated rings. The van der Waals surface area contributed by atoms with Crippen LogP contribution >= 0.6 is 0 Å². The van der Waals surface area contributed by atoms with E-state index < -0.39 is 14.4 Å². The first-order valence-electron chi connectivity index (χ1n) is 7.68. The van der Waals surface area contributed by atoms with Crippen molar-refractivity contribution < 1.29 is 19.1 Å². The molecular formula is C16H32O4Si. The maximum atomic E-state index is 11.2. The fraction of sp³-hybridized carbons (Fsp3) is 0.812. The third-order valence-corrected chi connectivity index (χ3v) is 8.65. The molecule has 1 N–H and O–H groups in total. The predicted molar refractivity (Wildman–Crippen MR) is 88.7 cm³/mol. The van der Waals surface area contributed by atoms with Crippen molar-refractivity contribution in [3.63, 3.8) is 0 Å². The van der Waals surface area contributed by atoms with Crippen LogP contribution in [0.5, 0.6) is 0 Å². The Morgan fingerprint density at radius 3 is 2.38 bits per heavy atom. The standard InChI is InChI=1S/C16H32O4Si/c1-8-19-15(18)10-9-13(2)14(17)11-12-20-21(6,7)16(3,4)5/h9-10,13-14,17H,8,11-12H2,1-7H3/b10-9+/t13-,14+/m0/s1.